The van der Waals surface area contributed by atoms with Crippen molar-refractivity contribution in [1.29, 1.82) is 0 Å². The van der Waals surface area contributed by atoms with Crippen LogP contribution in [0.25, 0.3) is 39.0 Å². The van der Waals surface area contributed by atoms with Gasteiger partial charge in [-0.05, 0) is 146 Å². The minimum absolute atomic E-state index is 0.440. The number of hydrogen-bond donors (Lipinski definition) is 2. The largest absolute Gasteiger partial charge is 0.324 e. The molecule has 2 aromatic carbocycles. The monoisotopic (exact) mass is 792 g/mol. The first-order valence-corrected chi connectivity index (χ1v) is 21.6. The highest BCUT2D eigenvalue weighted by Gasteiger charge is 2.25. The Kier molecular flexibility index (Phi) is 11.5. The van der Waals surface area contributed by atoms with E-state index in [1.165, 1.54) is 41.5 Å². The number of anilines is 2. The lowest BCUT2D eigenvalue weighted by atomic mass is 9.93. The highest BCUT2D eigenvalue weighted by molar-refractivity contribution is 5.88. The number of nitrogens with one attached hydrogen (secondary N) is 2. The van der Waals surface area contributed by atoms with E-state index in [0.717, 1.165) is 126 Å². The van der Waals surface area contributed by atoms with Crippen LogP contribution in [0.15, 0.2) is 68.3 Å². The van der Waals surface area contributed by atoms with Crippen molar-refractivity contribution in [2.24, 2.45) is 0 Å². The van der Waals surface area contributed by atoms with E-state index >= 15 is 0 Å². The minimum Gasteiger partial charge on any atom is -0.324 e. The molecule has 0 radical (unpaired) electrons. The van der Waals surface area contributed by atoms with E-state index < -0.39 is 0 Å². The second-order valence-corrected chi connectivity index (χ2v) is 16.6. The van der Waals surface area contributed by atoms with E-state index in [0.29, 0.717) is 19.1 Å². The Balaban J connectivity index is 1.25. The lowest BCUT2D eigenvalue weighted by Crippen LogP contribution is -2.39. The molecule has 1 fully saturated rings. The summed E-state index contributed by atoms with van der Waals surface area (Å²) in [5.74, 6) is 1.55. The van der Waals surface area contributed by atoms with E-state index in [1.807, 2.05) is 23.2 Å². The summed E-state index contributed by atoms with van der Waals surface area (Å²) in [5, 5.41) is 16.7. The number of rotatable bonds is 10. The minimum atomic E-state index is 0.440. The fourth-order valence-electron chi connectivity index (χ4n) is 9.29. The van der Waals surface area contributed by atoms with E-state index in [9.17, 15) is 0 Å². The first-order chi connectivity index (χ1) is 28.5. The Hall–Kier alpha value is -5.68. The molecule has 2 aliphatic rings. The highest BCUT2D eigenvalue weighted by atomic mass is 15.3. The van der Waals surface area contributed by atoms with Crippen molar-refractivity contribution < 1.29 is 0 Å². The average molecular weight is 792 g/mol. The second-order valence-electron chi connectivity index (χ2n) is 16.6. The van der Waals surface area contributed by atoms with Crippen LogP contribution in [0.1, 0.15) is 97.9 Å². The molecule has 8 rings (SSSR count). The van der Waals surface area contributed by atoms with Gasteiger partial charge in [0.15, 0.2) is 0 Å². The maximum absolute atomic E-state index is 5.29. The van der Waals surface area contributed by atoms with Gasteiger partial charge in [-0.1, -0.05) is 49.9 Å². The number of aryl methyl sites for hydroxylation is 7. The van der Waals surface area contributed by atoms with Crippen LogP contribution < -0.4 is 10.6 Å². The molecule has 2 aliphatic heterocycles. The molecule has 308 valence electrons. The SMILES string of the molecule is C=C(C)c1cc2c3c(c1)nc(NC(=C)c1cc(C)nn1CC)n3C/C=C/Cn1c(NC(=C)c3cc(C)nn3CC)nc3cc(C)cc(c31)CCC(N1CCCCC1)CC2. The summed E-state index contributed by atoms with van der Waals surface area (Å²) in [5.41, 5.74) is 15.8. The summed E-state index contributed by atoms with van der Waals surface area (Å²) in [6.45, 7) is 31.0. The van der Waals surface area contributed by atoms with E-state index in [1.54, 1.807) is 0 Å². The third kappa shape index (κ3) is 8.17. The molecule has 0 amide bonds. The van der Waals surface area contributed by atoms with Gasteiger partial charge in [0, 0.05) is 32.2 Å². The molecule has 1 saturated heterocycles. The molecule has 1 atom stereocenters. The van der Waals surface area contributed by atoms with Gasteiger partial charge >= 0.3 is 0 Å². The molecule has 59 heavy (non-hydrogen) atoms. The second kappa shape index (κ2) is 16.9. The van der Waals surface area contributed by atoms with Crippen molar-refractivity contribution in [2.45, 2.75) is 119 Å². The maximum atomic E-state index is 5.29. The Bertz CT molecular complexity index is 2580. The van der Waals surface area contributed by atoms with Crippen molar-refractivity contribution in [3.05, 3.63) is 113 Å². The number of benzene rings is 2. The zero-order valence-electron chi connectivity index (χ0n) is 36.0. The van der Waals surface area contributed by atoms with Crippen LogP contribution in [0.4, 0.5) is 11.9 Å². The van der Waals surface area contributed by atoms with Crippen LogP contribution in [0.5, 0.6) is 0 Å². The molecule has 6 heterocycles. The van der Waals surface area contributed by atoms with Gasteiger partial charge in [0.05, 0.1) is 56.2 Å². The molecule has 0 aliphatic carbocycles. The summed E-state index contributed by atoms with van der Waals surface area (Å²) >= 11 is 0. The molecule has 11 heteroatoms. The quantitative estimate of drug-likeness (QED) is 0.133. The van der Waals surface area contributed by atoms with Gasteiger partial charge in [-0.2, -0.15) is 10.2 Å². The number of nitrogens with zero attached hydrogens (tertiary/aromatic N) is 9. The van der Waals surface area contributed by atoms with Crippen LogP contribution >= 0.6 is 0 Å². The van der Waals surface area contributed by atoms with E-state index in [4.69, 9.17) is 20.2 Å². The van der Waals surface area contributed by atoms with Crippen LogP contribution in [-0.4, -0.2) is 62.7 Å². The van der Waals surface area contributed by atoms with Gasteiger partial charge in [0.2, 0.25) is 11.9 Å². The zero-order chi connectivity index (χ0) is 41.4. The van der Waals surface area contributed by atoms with Gasteiger partial charge < -0.3 is 24.7 Å². The summed E-state index contributed by atoms with van der Waals surface area (Å²) < 4.78 is 8.66. The first-order valence-electron chi connectivity index (χ1n) is 21.6. The molecular formula is C48H61N11. The molecule has 0 saturated carbocycles. The van der Waals surface area contributed by atoms with Gasteiger partial charge in [0.1, 0.15) is 0 Å². The van der Waals surface area contributed by atoms with Crippen molar-refractivity contribution in [3.63, 3.8) is 0 Å². The Labute approximate surface area is 349 Å². The molecule has 4 aromatic heterocycles. The maximum Gasteiger partial charge on any atom is 0.208 e. The number of imidazole rings is 2. The predicted molar refractivity (Wildman–Crippen MR) is 244 cm³/mol. The summed E-state index contributed by atoms with van der Waals surface area (Å²) in [7, 11) is 0. The van der Waals surface area contributed by atoms with Crippen LogP contribution in [-0.2, 0) is 39.0 Å². The molecule has 0 spiro atoms. The molecule has 0 bridgehead atoms. The number of hydrogen-bond acceptors (Lipinski definition) is 7. The van der Waals surface area contributed by atoms with Crippen molar-refractivity contribution >= 4 is 50.9 Å². The lowest BCUT2D eigenvalue weighted by Gasteiger charge is -2.35. The van der Waals surface area contributed by atoms with Crippen LogP contribution in [0, 0.1) is 20.8 Å². The van der Waals surface area contributed by atoms with Gasteiger partial charge in [-0.3, -0.25) is 9.36 Å². The molecule has 11 nitrogen and oxygen atoms in total. The normalized spacial score (nSPS) is 17.2. The zero-order valence-corrected chi connectivity index (χ0v) is 36.0. The summed E-state index contributed by atoms with van der Waals surface area (Å²) in [6.07, 6.45) is 12.4. The van der Waals surface area contributed by atoms with Crippen molar-refractivity contribution in [1.82, 2.24) is 43.6 Å². The standard InChI is InChI=1S/C48H61N11/c1-10-58-43(27-33(6)53-58)35(8)49-47-51-41-26-32(5)25-37-17-19-40(55-21-13-12-14-22-55)20-18-38-29-39(31(3)4)30-42-46(38)57(24-16-15-23-56(47)45(37)41)48(52-42)50-36(9)44-28-34(7)54-59(44)11-2/h15-16,25-30,40H,3,8-14,17-24H2,1-2,4-7H3,(H,49,51)(H,50,52)/b16-15+. The van der Waals surface area contributed by atoms with E-state index in [-0.39, 0.29) is 0 Å². The highest BCUT2D eigenvalue weighted by Crippen LogP contribution is 2.33. The van der Waals surface area contributed by atoms with Crippen molar-refractivity contribution in [3.8, 4) is 0 Å². The number of allylic oxidation sites excluding steroid dienone is 3. The Morgan fingerprint density at radius 1 is 0.678 bits per heavy atom. The van der Waals surface area contributed by atoms with Crippen LogP contribution in [0.3, 0.4) is 0 Å². The molecular weight excluding hydrogens is 731 g/mol. The first kappa shape index (κ1) is 40.1. The Morgan fingerprint density at radius 2 is 1.19 bits per heavy atom. The third-order valence-corrected chi connectivity index (χ3v) is 12.2. The molecule has 2 N–H and O–H groups in total. The predicted octanol–water partition coefficient (Wildman–Crippen LogP) is 9.93. The van der Waals surface area contributed by atoms with E-state index in [2.05, 4.69) is 121 Å². The van der Waals surface area contributed by atoms with Crippen molar-refractivity contribution in [2.75, 3.05) is 23.7 Å². The number of piperidine rings is 1. The molecule has 1 unspecified atom stereocenters. The topological polar surface area (TPSA) is 98.6 Å². The smallest absolute Gasteiger partial charge is 0.208 e. The third-order valence-electron chi connectivity index (χ3n) is 12.2. The van der Waals surface area contributed by atoms with Gasteiger partial charge in [-0.25, -0.2) is 9.97 Å². The summed E-state index contributed by atoms with van der Waals surface area (Å²) in [4.78, 5) is 13.3. The fraction of sp³-hybridized carbons (Fsp3) is 0.417. The lowest BCUT2D eigenvalue weighted by molar-refractivity contribution is 0.148. The summed E-state index contributed by atoms with van der Waals surface area (Å²) in [6, 6.07) is 13.8. The van der Waals surface area contributed by atoms with Crippen LogP contribution in [0.2, 0.25) is 0 Å². The van der Waals surface area contributed by atoms with Gasteiger partial charge in [0.25, 0.3) is 0 Å². The van der Waals surface area contributed by atoms with Gasteiger partial charge in [-0.15, -0.1) is 0 Å². The fourth-order valence-corrected chi connectivity index (χ4v) is 9.29. The molecule has 6 aromatic rings. The average Bonchev–Trinajstić information content (AvgIpc) is 3.98. The number of aromatic nitrogens is 8. The number of likely N-dealkylation sites (tertiary alicyclic amines) is 1. The Morgan fingerprint density at radius 3 is 1.69 bits per heavy atom.